The highest BCUT2D eigenvalue weighted by Crippen LogP contribution is 2.32. The second-order valence-corrected chi connectivity index (χ2v) is 6.26. The zero-order valence-corrected chi connectivity index (χ0v) is 14.3. The molecule has 1 aliphatic rings. The summed E-state index contributed by atoms with van der Waals surface area (Å²) in [5, 5.41) is 8.07. The highest BCUT2D eigenvalue weighted by molar-refractivity contribution is 5.91. The summed E-state index contributed by atoms with van der Waals surface area (Å²) in [4.78, 5) is 27.7. The highest BCUT2D eigenvalue weighted by atomic mass is 16.5. The van der Waals surface area contributed by atoms with Crippen LogP contribution in [0.3, 0.4) is 0 Å². The number of nitrogens with zero attached hydrogens (tertiary/aromatic N) is 5. The minimum absolute atomic E-state index is 0.00439. The maximum absolute atomic E-state index is 12.7. The van der Waals surface area contributed by atoms with Gasteiger partial charge in [-0.2, -0.15) is 5.10 Å². The molecule has 0 aliphatic carbocycles. The summed E-state index contributed by atoms with van der Waals surface area (Å²) in [7, 11) is 5.38. The number of aromatic nitrogens is 3. The minimum atomic E-state index is -0.414. The maximum Gasteiger partial charge on any atom is 0.244 e. The van der Waals surface area contributed by atoms with Crippen LogP contribution in [-0.2, 0) is 24.8 Å². The molecule has 0 radical (unpaired) electrons. The van der Waals surface area contributed by atoms with Crippen LogP contribution < -0.4 is 0 Å². The molecule has 0 N–H and O–H groups in total. The number of likely N-dealkylation sites (N-methyl/N-ethyl adjacent to an activating group) is 1. The van der Waals surface area contributed by atoms with E-state index in [1.54, 1.807) is 31.3 Å². The maximum atomic E-state index is 12.7. The average molecular weight is 331 g/mol. The number of Topliss-reactive ketones (excluding diaryl/α,β-unsaturated/α-hetero) is 1. The second kappa shape index (κ2) is 6.20. The molecule has 2 aromatic heterocycles. The Morgan fingerprint density at radius 3 is 2.79 bits per heavy atom. The first-order chi connectivity index (χ1) is 11.4. The van der Waals surface area contributed by atoms with Crippen LogP contribution in [0.1, 0.15) is 40.5 Å². The molecule has 8 nitrogen and oxygen atoms in total. The van der Waals surface area contributed by atoms with Gasteiger partial charge < -0.3 is 9.42 Å². The lowest BCUT2D eigenvalue weighted by Gasteiger charge is -2.35. The Hall–Kier alpha value is -2.48. The third-order valence-electron chi connectivity index (χ3n) is 4.34. The van der Waals surface area contributed by atoms with Gasteiger partial charge in [0.25, 0.3) is 0 Å². The van der Waals surface area contributed by atoms with Gasteiger partial charge in [0.2, 0.25) is 5.91 Å². The van der Waals surface area contributed by atoms with Gasteiger partial charge in [-0.05, 0) is 0 Å². The van der Waals surface area contributed by atoms with E-state index in [1.807, 2.05) is 16.6 Å². The molecule has 1 unspecified atom stereocenters. The summed E-state index contributed by atoms with van der Waals surface area (Å²) in [5.41, 5.74) is 2.31. The number of aryl methyl sites for hydroxylation is 1. The fourth-order valence-corrected chi connectivity index (χ4v) is 3.05. The quantitative estimate of drug-likeness (QED) is 0.771. The van der Waals surface area contributed by atoms with E-state index in [0.717, 1.165) is 17.7 Å². The van der Waals surface area contributed by atoms with E-state index in [-0.39, 0.29) is 11.7 Å². The smallest absolute Gasteiger partial charge is 0.244 e. The van der Waals surface area contributed by atoms with Crippen LogP contribution in [0.4, 0.5) is 0 Å². The molecule has 0 bridgehead atoms. The first kappa shape index (κ1) is 16.4. The lowest BCUT2D eigenvalue weighted by molar-refractivity contribution is -0.135. The molecular weight excluding hydrogens is 310 g/mol. The molecular formula is C16H21N5O3. The van der Waals surface area contributed by atoms with Crippen molar-refractivity contribution in [2.24, 2.45) is 7.05 Å². The predicted octanol–water partition coefficient (Wildman–Crippen LogP) is 0.798. The van der Waals surface area contributed by atoms with Crippen molar-refractivity contribution < 1.29 is 14.1 Å². The van der Waals surface area contributed by atoms with Crippen LogP contribution >= 0.6 is 0 Å². The van der Waals surface area contributed by atoms with E-state index in [1.165, 1.54) is 6.92 Å². The van der Waals surface area contributed by atoms with Crippen LogP contribution in [0, 0.1) is 0 Å². The Labute approximate surface area is 140 Å². The number of carbonyl (C=O) groups excluding carboxylic acids is 2. The van der Waals surface area contributed by atoms with E-state index in [4.69, 9.17) is 4.52 Å². The Morgan fingerprint density at radius 1 is 1.42 bits per heavy atom. The molecule has 0 spiro atoms. The predicted molar refractivity (Wildman–Crippen MR) is 85.3 cm³/mol. The van der Waals surface area contributed by atoms with E-state index in [0.29, 0.717) is 24.5 Å². The van der Waals surface area contributed by atoms with Crippen LogP contribution in [0.15, 0.2) is 16.8 Å². The second-order valence-electron chi connectivity index (χ2n) is 6.26. The van der Waals surface area contributed by atoms with Crippen molar-refractivity contribution in [3.05, 3.63) is 35.0 Å². The molecule has 0 fully saturated rings. The Kier molecular flexibility index (Phi) is 4.23. The van der Waals surface area contributed by atoms with E-state index < -0.39 is 6.04 Å². The molecule has 1 amide bonds. The van der Waals surface area contributed by atoms with Gasteiger partial charge in [-0.15, -0.1) is 0 Å². The first-order valence-electron chi connectivity index (χ1n) is 7.81. The number of hydrogen-bond acceptors (Lipinski definition) is 6. The number of fused-ring (bicyclic) bond motifs is 1. The van der Waals surface area contributed by atoms with Gasteiger partial charge in [-0.3, -0.25) is 19.2 Å². The summed E-state index contributed by atoms with van der Waals surface area (Å²) in [5.74, 6) is 0.429. The van der Waals surface area contributed by atoms with Crippen LogP contribution in [-0.4, -0.2) is 57.1 Å². The molecule has 0 saturated carbocycles. The van der Waals surface area contributed by atoms with Crippen LogP contribution in [0.2, 0.25) is 0 Å². The lowest BCUT2D eigenvalue weighted by Crippen LogP contribution is -2.43. The summed E-state index contributed by atoms with van der Waals surface area (Å²) in [6.45, 7) is 2.56. The van der Waals surface area contributed by atoms with Gasteiger partial charge in [-0.25, -0.2) is 0 Å². The highest BCUT2D eigenvalue weighted by Gasteiger charge is 2.36. The van der Waals surface area contributed by atoms with Gasteiger partial charge in [0, 0.05) is 58.4 Å². The number of rotatable bonds is 4. The molecule has 0 saturated heterocycles. The number of ketones is 1. The topological polar surface area (TPSA) is 84.5 Å². The van der Waals surface area contributed by atoms with Crippen molar-refractivity contribution >= 4 is 11.7 Å². The van der Waals surface area contributed by atoms with Crippen molar-refractivity contribution in [2.75, 3.05) is 20.6 Å². The molecule has 128 valence electrons. The monoisotopic (exact) mass is 331 g/mol. The van der Waals surface area contributed by atoms with Gasteiger partial charge in [0.1, 0.15) is 11.7 Å². The van der Waals surface area contributed by atoms with Gasteiger partial charge in [0.15, 0.2) is 11.5 Å². The lowest BCUT2D eigenvalue weighted by atomic mass is 9.97. The molecule has 1 aliphatic heterocycles. The summed E-state index contributed by atoms with van der Waals surface area (Å²) in [6, 6.07) is 1.22. The molecule has 0 aromatic carbocycles. The zero-order chi connectivity index (χ0) is 17.4. The zero-order valence-electron chi connectivity index (χ0n) is 14.3. The number of hydrogen-bond donors (Lipinski definition) is 0. The molecule has 2 aromatic rings. The average Bonchev–Trinajstić information content (AvgIpc) is 3.14. The molecule has 24 heavy (non-hydrogen) atoms. The summed E-state index contributed by atoms with van der Waals surface area (Å²) < 4.78 is 7.08. The molecule has 8 heteroatoms. The van der Waals surface area contributed by atoms with Crippen molar-refractivity contribution in [3.8, 4) is 0 Å². The molecule has 1 atom stereocenters. The molecule has 3 heterocycles. The van der Waals surface area contributed by atoms with Crippen LogP contribution in [0.25, 0.3) is 0 Å². The first-order valence-corrected chi connectivity index (χ1v) is 7.81. The van der Waals surface area contributed by atoms with E-state index >= 15 is 0 Å². The number of carbonyl (C=O) groups is 2. The third-order valence-corrected chi connectivity index (χ3v) is 4.34. The summed E-state index contributed by atoms with van der Waals surface area (Å²) in [6.07, 6.45) is 2.56. The fraction of sp³-hybridized carbons (Fsp3) is 0.500. The molecule has 3 rings (SSSR count). The standard InChI is InChI=1S/C16H21N5O3/c1-10(22)13-7-11(24-18-13)9-21-6-5-14-12(8-17-20(14)4)15(21)16(23)19(2)3/h7-8,15H,5-6,9H2,1-4H3. The Bertz CT molecular complexity index is 777. The van der Waals surface area contributed by atoms with Gasteiger partial charge >= 0.3 is 0 Å². The van der Waals surface area contributed by atoms with Gasteiger partial charge in [0.05, 0.1) is 12.7 Å². The van der Waals surface area contributed by atoms with Gasteiger partial charge in [-0.1, -0.05) is 5.16 Å². The van der Waals surface area contributed by atoms with Crippen molar-refractivity contribution in [1.29, 1.82) is 0 Å². The summed E-state index contributed by atoms with van der Waals surface area (Å²) >= 11 is 0. The minimum Gasteiger partial charge on any atom is -0.359 e. The van der Waals surface area contributed by atoms with Crippen molar-refractivity contribution in [3.63, 3.8) is 0 Å². The van der Waals surface area contributed by atoms with E-state index in [9.17, 15) is 9.59 Å². The van der Waals surface area contributed by atoms with Crippen molar-refractivity contribution in [1.82, 2.24) is 24.7 Å². The van der Waals surface area contributed by atoms with Crippen LogP contribution in [0.5, 0.6) is 0 Å². The SMILES string of the molecule is CC(=O)c1cc(CN2CCc3c(cnn3C)C2C(=O)N(C)C)on1. The van der Waals surface area contributed by atoms with Crippen molar-refractivity contribution in [2.45, 2.75) is 25.9 Å². The normalized spacial score (nSPS) is 17.6. The third kappa shape index (κ3) is 2.84. The van der Waals surface area contributed by atoms with E-state index in [2.05, 4.69) is 10.3 Å². The fourth-order valence-electron chi connectivity index (χ4n) is 3.05. The largest absolute Gasteiger partial charge is 0.359 e. The Balaban J connectivity index is 1.90. The Morgan fingerprint density at radius 2 is 2.17 bits per heavy atom. The number of amides is 1.